The summed E-state index contributed by atoms with van der Waals surface area (Å²) in [7, 11) is 1.78. The van der Waals surface area contributed by atoms with Gasteiger partial charge in [0.15, 0.2) is 0 Å². The van der Waals surface area contributed by atoms with Crippen molar-refractivity contribution in [1.82, 2.24) is 5.32 Å². The fourth-order valence-electron chi connectivity index (χ4n) is 1.50. The molecule has 0 aliphatic carbocycles. The molecule has 1 atom stereocenters. The van der Waals surface area contributed by atoms with Crippen LogP contribution in [0.25, 0.3) is 0 Å². The van der Waals surface area contributed by atoms with Crippen molar-refractivity contribution < 1.29 is 9.53 Å². The lowest BCUT2D eigenvalue weighted by Crippen LogP contribution is -2.35. The van der Waals surface area contributed by atoms with Crippen molar-refractivity contribution in [3.8, 4) is 0 Å². The lowest BCUT2D eigenvalue weighted by molar-refractivity contribution is -0.147. The summed E-state index contributed by atoms with van der Waals surface area (Å²) >= 11 is 0. The van der Waals surface area contributed by atoms with Crippen molar-refractivity contribution in [2.75, 3.05) is 7.05 Å². The van der Waals surface area contributed by atoms with Crippen LogP contribution >= 0.6 is 0 Å². The van der Waals surface area contributed by atoms with Crippen LogP contribution in [-0.4, -0.2) is 19.1 Å². The van der Waals surface area contributed by atoms with Crippen LogP contribution in [0, 0.1) is 0 Å². The van der Waals surface area contributed by atoms with Gasteiger partial charge in [0.05, 0.1) is 0 Å². The second-order valence-corrected chi connectivity index (χ2v) is 3.72. The molecule has 88 valence electrons. The van der Waals surface area contributed by atoms with Gasteiger partial charge >= 0.3 is 5.97 Å². The number of carbonyl (C=O) groups is 1. The van der Waals surface area contributed by atoms with Gasteiger partial charge in [0, 0.05) is 0 Å². The highest BCUT2D eigenvalue weighted by molar-refractivity contribution is 5.75. The van der Waals surface area contributed by atoms with E-state index in [1.165, 1.54) is 0 Å². The SMILES string of the molecule is CCCC(NC)C(=O)OCc1ccccc1. The van der Waals surface area contributed by atoms with E-state index < -0.39 is 0 Å². The van der Waals surface area contributed by atoms with Gasteiger partial charge in [0.25, 0.3) is 0 Å². The van der Waals surface area contributed by atoms with Crippen LogP contribution in [0.2, 0.25) is 0 Å². The van der Waals surface area contributed by atoms with Crippen molar-refractivity contribution in [2.24, 2.45) is 0 Å². The Bertz CT molecular complexity index is 311. The van der Waals surface area contributed by atoms with Crippen molar-refractivity contribution in [3.63, 3.8) is 0 Å². The number of ether oxygens (including phenoxy) is 1. The van der Waals surface area contributed by atoms with E-state index >= 15 is 0 Å². The molecule has 0 amide bonds. The van der Waals surface area contributed by atoms with E-state index in [0.29, 0.717) is 6.61 Å². The lowest BCUT2D eigenvalue weighted by atomic mass is 10.2. The van der Waals surface area contributed by atoms with E-state index in [1.807, 2.05) is 30.3 Å². The number of esters is 1. The first kappa shape index (κ1) is 12.7. The molecule has 3 nitrogen and oxygen atoms in total. The molecular formula is C13H19NO2. The Labute approximate surface area is 96.8 Å². The molecule has 1 rings (SSSR count). The summed E-state index contributed by atoms with van der Waals surface area (Å²) in [6.45, 7) is 2.40. The van der Waals surface area contributed by atoms with Gasteiger partial charge in [-0.15, -0.1) is 0 Å². The Morgan fingerprint density at radius 2 is 2.06 bits per heavy atom. The molecule has 0 fully saturated rings. The molecule has 0 spiro atoms. The number of likely N-dealkylation sites (N-methyl/N-ethyl adjacent to an activating group) is 1. The molecule has 1 aromatic carbocycles. The standard InChI is InChI=1S/C13H19NO2/c1-3-7-12(14-2)13(15)16-10-11-8-5-4-6-9-11/h4-6,8-9,12,14H,3,7,10H2,1-2H3. The summed E-state index contributed by atoms with van der Waals surface area (Å²) in [5.74, 6) is -0.173. The highest BCUT2D eigenvalue weighted by Gasteiger charge is 2.16. The largest absolute Gasteiger partial charge is 0.460 e. The summed E-state index contributed by atoms with van der Waals surface area (Å²) in [6, 6.07) is 9.52. The highest BCUT2D eigenvalue weighted by atomic mass is 16.5. The number of rotatable bonds is 6. The Morgan fingerprint density at radius 3 is 2.62 bits per heavy atom. The van der Waals surface area contributed by atoms with Crippen molar-refractivity contribution in [1.29, 1.82) is 0 Å². The van der Waals surface area contributed by atoms with Crippen LogP contribution in [0.4, 0.5) is 0 Å². The fraction of sp³-hybridized carbons (Fsp3) is 0.462. The zero-order chi connectivity index (χ0) is 11.8. The molecule has 1 unspecified atom stereocenters. The third-order valence-corrected chi connectivity index (χ3v) is 2.43. The molecule has 0 saturated heterocycles. The predicted octanol–water partition coefficient (Wildman–Crippen LogP) is 2.12. The van der Waals surface area contributed by atoms with Crippen molar-refractivity contribution >= 4 is 5.97 Å². The maximum absolute atomic E-state index is 11.7. The lowest BCUT2D eigenvalue weighted by Gasteiger charge is -2.14. The normalized spacial score (nSPS) is 12.1. The number of hydrogen-bond donors (Lipinski definition) is 1. The van der Waals surface area contributed by atoms with E-state index in [1.54, 1.807) is 7.05 Å². The fourth-order valence-corrected chi connectivity index (χ4v) is 1.50. The van der Waals surface area contributed by atoms with Crippen LogP contribution in [-0.2, 0) is 16.1 Å². The Morgan fingerprint density at radius 1 is 1.38 bits per heavy atom. The summed E-state index contributed by atoms with van der Waals surface area (Å²) < 4.78 is 5.23. The maximum atomic E-state index is 11.7. The Balaban J connectivity index is 2.40. The van der Waals surface area contributed by atoms with Crippen LogP contribution in [0.3, 0.4) is 0 Å². The molecule has 0 heterocycles. The van der Waals surface area contributed by atoms with Crippen LogP contribution < -0.4 is 5.32 Å². The van der Waals surface area contributed by atoms with Crippen molar-refractivity contribution in [3.05, 3.63) is 35.9 Å². The molecule has 1 aromatic rings. The van der Waals surface area contributed by atoms with Crippen LogP contribution in [0.15, 0.2) is 30.3 Å². The van der Waals surface area contributed by atoms with Crippen LogP contribution in [0.5, 0.6) is 0 Å². The Kier molecular flexibility index (Phi) is 5.57. The molecule has 0 radical (unpaired) electrons. The van der Waals surface area contributed by atoms with Gasteiger partial charge in [-0.3, -0.25) is 4.79 Å². The summed E-state index contributed by atoms with van der Waals surface area (Å²) in [5, 5.41) is 2.96. The van der Waals surface area contributed by atoms with Gasteiger partial charge in [-0.05, 0) is 19.0 Å². The molecule has 0 aromatic heterocycles. The maximum Gasteiger partial charge on any atom is 0.323 e. The minimum atomic E-state index is -0.186. The topological polar surface area (TPSA) is 38.3 Å². The summed E-state index contributed by atoms with van der Waals surface area (Å²) in [5.41, 5.74) is 1.02. The average molecular weight is 221 g/mol. The molecule has 0 aliphatic heterocycles. The average Bonchev–Trinajstić information content (AvgIpc) is 2.34. The predicted molar refractivity (Wildman–Crippen MR) is 64.0 cm³/mol. The summed E-state index contributed by atoms with van der Waals surface area (Å²) in [4.78, 5) is 11.7. The summed E-state index contributed by atoms with van der Waals surface area (Å²) in [6.07, 6.45) is 1.77. The van der Waals surface area contributed by atoms with Gasteiger partial charge in [0.2, 0.25) is 0 Å². The smallest absolute Gasteiger partial charge is 0.323 e. The Hall–Kier alpha value is -1.35. The number of benzene rings is 1. The van der Waals surface area contributed by atoms with Gasteiger partial charge in [-0.2, -0.15) is 0 Å². The molecule has 0 aliphatic rings. The molecule has 1 N–H and O–H groups in total. The highest BCUT2D eigenvalue weighted by Crippen LogP contribution is 2.04. The van der Waals surface area contributed by atoms with Crippen molar-refractivity contribution in [2.45, 2.75) is 32.4 Å². The molecular weight excluding hydrogens is 202 g/mol. The second kappa shape index (κ2) is 7.01. The molecule has 0 saturated carbocycles. The van der Waals surface area contributed by atoms with E-state index in [9.17, 15) is 4.79 Å². The zero-order valence-corrected chi connectivity index (χ0v) is 9.90. The van der Waals surface area contributed by atoms with E-state index in [4.69, 9.17) is 4.74 Å². The minimum Gasteiger partial charge on any atom is -0.460 e. The van der Waals surface area contributed by atoms with Gasteiger partial charge < -0.3 is 10.1 Å². The first-order chi connectivity index (χ1) is 7.77. The number of carbonyl (C=O) groups excluding carboxylic acids is 1. The number of hydrogen-bond acceptors (Lipinski definition) is 3. The van der Waals surface area contributed by atoms with Gasteiger partial charge in [-0.1, -0.05) is 43.7 Å². The monoisotopic (exact) mass is 221 g/mol. The van der Waals surface area contributed by atoms with Gasteiger partial charge in [-0.25, -0.2) is 0 Å². The van der Waals surface area contributed by atoms with E-state index in [2.05, 4.69) is 12.2 Å². The zero-order valence-electron chi connectivity index (χ0n) is 9.90. The van der Waals surface area contributed by atoms with E-state index in [0.717, 1.165) is 18.4 Å². The second-order valence-electron chi connectivity index (χ2n) is 3.72. The van der Waals surface area contributed by atoms with Gasteiger partial charge in [0.1, 0.15) is 12.6 Å². The molecule has 3 heteroatoms. The van der Waals surface area contributed by atoms with Crippen LogP contribution in [0.1, 0.15) is 25.3 Å². The third-order valence-electron chi connectivity index (χ3n) is 2.43. The minimum absolute atomic E-state index is 0.173. The third kappa shape index (κ3) is 4.03. The molecule has 16 heavy (non-hydrogen) atoms. The number of nitrogens with one attached hydrogen (secondary N) is 1. The molecule has 0 bridgehead atoms. The quantitative estimate of drug-likeness (QED) is 0.748. The van der Waals surface area contributed by atoms with E-state index in [-0.39, 0.29) is 12.0 Å². The first-order valence-electron chi connectivity index (χ1n) is 5.65. The first-order valence-corrected chi connectivity index (χ1v) is 5.65.